The molecular weight excluding hydrogens is 421 g/mol. The minimum atomic E-state index is -1.32. The van der Waals surface area contributed by atoms with Gasteiger partial charge < -0.3 is 19.7 Å². The van der Waals surface area contributed by atoms with Crippen LogP contribution in [0.1, 0.15) is 34.7 Å². The van der Waals surface area contributed by atoms with Crippen molar-refractivity contribution in [2.45, 2.75) is 36.9 Å². The molecule has 2 aliphatic rings. The highest BCUT2D eigenvalue weighted by Gasteiger charge is 2.55. The lowest BCUT2D eigenvalue weighted by Gasteiger charge is -2.48. The monoisotopic (exact) mass is 449 g/mol. The van der Waals surface area contributed by atoms with Gasteiger partial charge in [-0.2, -0.15) is 0 Å². The zero-order valence-corrected chi connectivity index (χ0v) is 18.4. The van der Waals surface area contributed by atoms with E-state index in [0.29, 0.717) is 37.3 Å². The Morgan fingerprint density at radius 1 is 0.939 bits per heavy atom. The average molecular weight is 450 g/mol. The summed E-state index contributed by atoms with van der Waals surface area (Å²) in [5.41, 5.74) is 1.20. The van der Waals surface area contributed by atoms with Crippen molar-refractivity contribution in [2.75, 3.05) is 19.8 Å². The lowest BCUT2D eigenvalue weighted by Crippen LogP contribution is -2.58. The summed E-state index contributed by atoms with van der Waals surface area (Å²) < 4.78 is 26.0. The van der Waals surface area contributed by atoms with Gasteiger partial charge in [-0.25, -0.2) is 4.39 Å². The van der Waals surface area contributed by atoms with Crippen molar-refractivity contribution in [2.24, 2.45) is 0 Å². The molecule has 0 radical (unpaired) electrons. The maximum Gasteiger partial charge on any atom is 0.149 e. The van der Waals surface area contributed by atoms with Crippen LogP contribution in [0.5, 0.6) is 0 Å². The number of aliphatic hydroxyl groups is 2. The molecule has 2 saturated heterocycles. The average Bonchev–Trinajstić information content (AvgIpc) is 3.16. The van der Waals surface area contributed by atoms with Crippen LogP contribution in [0.2, 0.25) is 0 Å². The lowest BCUT2D eigenvalue weighted by molar-refractivity contribution is -0.231. The molecule has 2 aliphatic heterocycles. The van der Waals surface area contributed by atoms with Crippen molar-refractivity contribution < 1.29 is 24.1 Å². The first kappa shape index (κ1) is 22.2. The smallest absolute Gasteiger partial charge is 0.149 e. The third kappa shape index (κ3) is 4.21. The second-order valence-electron chi connectivity index (χ2n) is 8.95. The third-order valence-corrected chi connectivity index (χ3v) is 6.79. The minimum absolute atomic E-state index is 0.121. The molecule has 0 saturated carbocycles. The van der Waals surface area contributed by atoms with Crippen LogP contribution >= 0.6 is 0 Å². The summed E-state index contributed by atoms with van der Waals surface area (Å²) in [4.78, 5) is 2.22. The molecule has 3 aromatic rings. The van der Waals surface area contributed by atoms with Gasteiger partial charge in [0.1, 0.15) is 17.1 Å². The van der Waals surface area contributed by atoms with Crippen LogP contribution in [0.3, 0.4) is 0 Å². The first-order valence-corrected chi connectivity index (χ1v) is 11.2. The van der Waals surface area contributed by atoms with Crippen LogP contribution in [0, 0.1) is 5.82 Å². The van der Waals surface area contributed by atoms with Crippen molar-refractivity contribution in [1.82, 2.24) is 4.90 Å². The Morgan fingerprint density at radius 3 is 2.42 bits per heavy atom. The summed E-state index contributed by atoms with van der Waals surface area (Å²) in [6, 6.07) is 23.8. The van der Waals surface area contributed by atoms with Crippen LogP contribution in [0.15, 0.2) is 78.9 Å². The number of benzene rings is 3. The van der Waals surface area contributed by atoms with Gasteiger partial charge in [0.2, 0.25) is 0 Å². The molecule has 2 fully saturated rings. The molecule has 2 heterocycles. The van der Waals surface area contributed by atoms with E-state index in [1.54, 1.807) is 12.1 Å². The van der Waals surface area contributed by atoms with Crippen molar-refractivity contribution >= 4 is 0 Å². The van der Waals surface area contributed by atoms with Gasteiger partial charge in [0.25, 0.3) is 0 Å². The van der Waals surface area contributed by atoms with Gasteiger partial charge in [0.05, 0.1) is 32.5 Å². The molecule has 3 aromatic carbocycles. The molecule has 0 aliphatic carbocycles. The Hall–Kier alpha value is -2.61. The van der Waals surface area contributed by atoms with E-state index in [9.17, 15) is 14.6 Å². The maximum absolute atomic E-state index is 13.6. The molecule has 3 atom stereocenters. The summed E-state index contributed by atoms with van der Waals surface area (Å²) >= 11 is 0. The second-order valence-corrected chi connectivity index (χ2v) is 8.95. The van der Waals surface area contributed by atoms with Gasteiger partial charge in [0.15, 0.2) is 0 Å². The van der Waals surface area contributed by atoms with Crippen molar-refractivity contribution in [3.63, 3.8) is 0 Å². The molecule has 0 bridgehead atoms. The second kappa shape index (κ2) is 8.97. The summed E-state index contributed by atoms with van der Waals surface area (Å²) in [5, 5.41) is 21.6. The molecule has 5 rings (SSSR count). The SMILES string of the molecule is OCc1ccccc1[C@@]1(O)COCC2(C1)OC[C@H](c1ccc(F)cc1)N2Cc1ccccc1. The number of aliphatic hydroxyl groups excluding tert-OH is 1. The van der Waals surface area contributed by atoms with E-state index in [2.05, 4.69) is 17.0 Å². The van der Waals surface area contributed by atoms with Crippen molar-refractivity contribution in [1.29, 1.82) is 0 Å². The highest BCUT2D eigenvalue weighted by atomic mass is 19.1. The first-order valence-electron chi connectivity index (χ1n) is 11.2. The van der Waals surface area contributed by atoms with E-state index < -0.39 is 11.3 Å². The predicted octanol–water partition coefficient (Wildman–Crippen LogP) is 3.90. The van der Waals surface area contributed by atoms with Crippen LogP contribution in [-0.2, 0) is 28.2 Å². The summed E-state index contributed by atoms with van der Waals surface area (Å²) in [7, 11) is 0. The lowest BCUT2D eigenvalue weighted by atomic mass is 9.81. The fourth-order valence-corrected chi connectivity index (χ4v) is 5.19. The molecule has 2 N–H and O–H groups in total. The van der Waals surface area contributed by atoms with Gasteiger partial charge in [-0.15, -0.1) is 0 Å². The van der Waals surface area contributed by atoms with Crippen LogP contribution in [0.25, 0.3) is 0 Å². The summed E-state index contributed by atoms with van der Waals surface area (Å²) in [6.07, 6.45) is 0.293. The fraction of sp³-hybridized carbons (Fsp3) is 0.333. The van der Waals surface area contributed by atoms with Gasteiger partial charge in [-0.3, -0.25) is 4.90 Å². The van der Waals surface area contributed by atoms with Crippen LogP contribution < -0.4 is 0 Å². The fourth-order valence-electron chi connectivity index (χ4n) is 5.19. The van der Waals surface area contributed by atoms with Crippen molar-refractivity contribution in [3.05, 3.63) is 107 Å². The molecule has 172 valence electrons. The van der Waals surface area contributed by atoms with Gasteiger partial charge in [0, 0.05) is 13.0 Å². The zero-order valence-electron chi connectivity index (χ0n) is 18.4. The van der Waals surface area contributed by atoms with E-state index in [0.717, 1.165) is 11.1 Å². The van der Waals surface area contributed by atoms with E-state index >= 15 is 0 Å². The first-order chi connectivity index (χ1) is 16.0. The molecule has 33 heavy (non-hydrogen) atoms. The number of halogens is 1. The van der Waals surface area contributed by atoms with Crippen molar-refractivity contribution in [3.8, 4) is 0 Å². The van der Waals surface area contributed by atoms with E-state index in [1.807, 2.05) is 42.5 Å². The number of ether oxygens (including phenoxy) is 2. The Labute approximate surface area is 193 Å². The van der Waals surface area contributed by atoms with E-state index in [4.69, 9.17) is 9.47 Å². The number of hydrogen-bond acceptors (Lipinski definition) is 5. The topological polar surface area (TPSA) is 62.2 Å². The number of nitrogens with zero attached hydrogens (tertiary/aromatic N) is 1. The predicted molar refractivity (Wildman–Crippen MR) is 122 cm³/mol. The van der Waals surface area contributed by atoms with E-state index in [-0.39, 0.29) is 25.1 Å². The van der Waals surface area contributed by atoms with E-state index in [1.165, 1.54) is 12.1 Å². The zero-order chi connectivity index (χ0) is 22.9. The standard InChI is InChI=1S/C27H28FNO4/c28-23-12-10-21(11-13-23)25-16-33-27(29(25)14-20-6-2-1-3-7-20)17-26(31,18-32-19-27)24-9-5-4-8-22(24)15-30/h1-13,25,30-31H,14-19H2/t25-,26+,27?/m1/s1. The van der Waals surface area contributed by atoms with Crippen LogP contribution in [-0.4, -0.2) is 40.7 Å². The number of rotatable bonds is 5. The van der Waals surface area contributed by atoms with Gasteiger partial charge in [-0.1, -0.05) is 66.7 Å². The Morgan fingerprint density at radius 2 is 1.67 bits per heavy atom. The minimum Gasteiger partial charge on any atom is -0.392 e. The Kier molecular flexibility index (Phi) is 6.03. The van der Waals surface area contributed by atoms with Gasteiger partial charge in [-0.05, 0) is 34.4 Å². The molecule has 0 amide bonds. The Bertz CT molecular complexity index is 1090. The molecule has 6 heteroatoms. The van der Waals surface area contributed by atoms with Gasteiger partial charge >= 0.3 is 0 Å². The normalized spacial score (nSPS) is 27.8. The van der Waals surface area contributed by atoms with Crippen LogP contribution in [0.4, 0.5) is 4.39 Å². The highest BCUT2D eigenvalue weighted by Crippen LogP contribution is 2.47. The molecular formula is C27H28FNO4. The molecule has 5 nitrogen and oxygen atoms in total. The quantitative estimate of drug-likeness (QED) is 0.619. The third-order valence-electron chi connectivity index (χ3n) is 6.79. The highest BCUT2D eigenvalue weighted by molar-refractivity contribution is 5.34. The molecule has 0 aromatic heterocycles. The Balaban J connectivity index is 1.53. The number of hydrogen-bond donors (Lipinski definition) is 2. The largest absolute Gasteiger partial charge is 0.392 e. The molecule has 1 unspecified atom stereocenters. The maximum atomic E-state index is 13.6. The molecule has 1 spiro atoms. The summed E-state index contributed by atoms with van der Waals surface area (Å²) in [6.45, 7) is 1.25. The summed E-state index contributed by atoms with van der Waals surface area (Å²) in [5.74, 6) is -0.280.